The van der Waals surface area contributed by atoms with E-state index in [1.165, 1.54) is 0 Å². The number of nitrogens with zero attached hydrogens (tertiary/aromatic N) is 4. The summed E-state index contributed by atoms with van der Waals surface area (Å²) in [5.41, 5.74) is 1.45. The van der Waals surface area contributed by atoms with Gasteiger partial charge in [0, 0.05) is 38.3 Å². The molecule has 0 bridgehead atoms. The first-order valence-corrected chi connectivity index (χ1v) is 8.65. The van der Waals surface area contributed by atoms with Crippen molar-refractivity contribution in [1.82, 2.24) is 25.7 Å². The van der Waals surface area contributed by atoms with E-state index in [2.05, 4.69) is 32.7 Å². The molecule has 1 aromatic carbocycles. The number of benzene rings is 1. The van der Waals surface area contributed by atoms with Crippen LogP contribution in [0.4, 0.5) is 10.5 Å². The van der Waals surface area contributed by atoms with Crippen LogP contribution in [-0.2, 0) is 0 Å². The number of methoxy groups -OCH3 is 1. The number of likely N-dealkylation sites (N-methyl/N-ethyl adjacent to an activating group) is 1. The van der Waals surface area contributed by atoms with Crippen molar-refractivity contribution in [3.05, 3.63) is 24.0 Å². The van der Waals surface area contributed by atoms with Gasteiger partial charge in [0.05, 0.1) is 18.8 Å². The third-order valence-electron chi connectivity index (χ3n) is 4.82. The number of nitrogens with one attached hydrogen (secondary N) is 2. The molecule has 2 aromatic rings. The SMILES string of the molecule is COc1ccc(-c2nc(C3CNCCN3C)no2)cc1N1CCNC1=O.Cl. The molecule has 2 amide bonds. The second-order valence-electron chi connectivity index (χ2n) is 6.43. The first-order chi connectivity index (χ1) is 12.7. The molecule has 0 spiro atoms. The average molecular weight is 395 g/mol. The van der Waals surface area contributed by atoms with Gasteiger partial charge in [0.2, 0.25) is 0 Å². The van der Waals surface area contributed by atoms with E-state index in [0.29, 0.717) is 36.2 Å². The van der Waals surface area contributed by atoms with Crippen molar-refractivity contribution in [2.24, 2.45) is 0 Å². The monoisotopic (exact) mass is 394 g/mol. The number of carbonyl (C=O) groups is 1. The summed E-state index contributed by atoms with van der Waals surface area (Å²) < 4.78 is 10.9. The highest BCUT2D eigenvalue weighted by atomic mass is 35.5. The quantitative estimate of drug-likeness (QED) is 0.806. The minimum atomic E-state index is -0.137. The Bertz CT molecular complexity index is 814. The summed E-state index contributed by atoms with van der Waals surface area (Å²) in [4.78, 5) is 20.5. The van der Waals surface area contributed by atoms with E-state index in [1.54, 1.807) is 12.0 Å². The number of rotatable bonds is 4. The molecule has 10 heteroatoms. The van der Waals surface area contributed by atoms with Crippen molar-refractivity contribution in [2.75, 3.05) is 51.8 Å². The largest absolute Gasteiger partial charge is 0.495 e. The summed E-state index contributed by atoms with van der Waals surface area (Å²) in [5.74, 6) is 1.72. The predicted octanol–water partition coefficient (Wildman–Crippen LogP) is 1.27. The Labute approximate surface area is 163 Å². The lowest BCUT2D eigenvalue weighted by Crippen LogP contribution is -2.44. The van der Waals surface area contributed by atoms with E-state index in [-0.39, 0.29) is 24.5 Å². The van der Waals surface area contributed by atoms with Gasteiger partial charge in [0.15, 0.2) is 5.82 Å². The van der Waals surface area contributed by atoms with Crippen molar-refractivity contribution in [3.8, 4) is 17.2 Å². The van der Waals surface area contributed by atoms with Gasteiger partial charge in [-0.25, -0.2) is 4.79 Å². The van der Waals surface area contributed by atoms with Crippen molar-refractivity contribution in [2.45, 2.75) is 6.04 Å². The minimum absolute atomic E-state index is 0. The van der Waals surface area contributed by atoms with E-state index in [9.17, 15) is 4.79 Å². The molecule has 2 aliphatic rings. The topological polar surface area (TPSA) is 95.8 Å². The van der Waals surface area contributed by atoms with Gasteiger partial charge < -0.3 is 19.9 Å². The molecule has 0 radical (unpaired) electrons. The minimum Gasteiger partial charge on any atom is -0.495 e. The maximum atomic E-state index is 12.0. The third kappa shape index (κ3) is 3.71. The highest BCUT2D eigenvalue weighted by Gasteiger charge is 2.27. The molecule has 2 N–H and O–H groups in total. The smallest absolute Gasteiger partial charge is 0.322 e. The standard InChI is InChI=1S/C17H22N6O3.ClH/c1-22-7-5-18-10-13(22)15-20-16(26-21-15)11-3-4-14(25-2)12(9-11)23-8-6-19-17(23)24;/h3-4,9,13,18H,5-8,10H2,1-2H3,(H,19,24);1H. The van der Waals surface area contributed by atoms with E-state index in [1.807, 2.05) is 18.2 Å². The lowest BCUT2D eigenvalue weighted by molar-refractivity contribution is 0.190. The number of anilines is 1. The van der Waals surface area contributed by atoms with Gasteiger partial charge in [-0.2, -0.15) is 4.98 Å². The molecule has 3 heterocycles. The summed E-state index contributed by atoms with van der Waals surface area (Å²) in [6.45, 7) is 3.88. The second-order valence-corrected chi connectivity index (χ2v) is 6.43. The third-order valence-corrected chi connectivity index (χ3v) is 4.82. The molecular formula is C17H23ClN6O3. The number of hydrogen-bond donors (Lipinski definition) is 2. The average Bonchev–Trinajstić information content (AvgIpc) is 3.31. The molecule has 0 aliphatic carbocycles. The van der Waals surface area contributed by atoms with Crippen molar-refractivity contribution in [3.63, 3.8) is 0 Å². The van der Waals surface area contributed by atoms with Crippen LogP contribution < -0.4 is 20.3 Å². The number of halogens is 1. The van der Waals surface area contributed by atoms with Gasteiger partial charge in [-0.3, -0.25) is 9.80 Å². The Morgan fingerprint density at radius 3 is 2.85 bits per heavy atom. The van der Waals surface area contributed by atoms with Gasteiger partial charge in [0.1, 0.15) is 5.75 Å². The second kappa shape index (κ2) is 8.12. The number of aromatic nitrogens is 2. The highest BCUT2D eigenvalue weighted by molar-refractivity contribution is 5.96. The van der Waals surface area contributed by atoms with Crippen LogP contribution in [0.25, 0.3) is 11.5 Å². The number of carbonyl (C=O) groups excluding carboxylic acids is 1. The highest BCUT2D eigenvalue weighted by Crippen LogP contribution is 2.34. The lowest BCUT2D eigenvalue weighted by Gasteiger charge is -2.30. The van der Waals surface area contributed by atoms with Gasteiger partial charge in [0.25, 0.3) is 5.89 Å². The zero-order chi connectivity index (χ0) is 18.1. The number of hydrogen-bond acceptors (Lipinski definition) is 7. The first-order valence-electron chi connectivity index (χ1n) is 8.65. The predicted molar refractivity (Wildman–Crippen MR) is 103 cm³/mol. The maximum absolute atomic E-state index is 12.0. The normalized spacial score (nSPS) is 20.3. The number of ether oxygens (including phenoxy) is 1. The molecule has 9 nitrogen and oxygen atoms in total. The molecule has 1 atom stereocenters. The van der Waals surface area contributed by atoms with Crippen molar-refractivity contribution >= 4 is 24.1 Å². The van der Waals surface area contributed by atoms with Crippen LogP contribution in [0.2, 0.25) is 0 Å². The van der Waals surface area contributed by atoms with Crippen LogP contribution in [-0.4, -0.2) is 68.0 Å². The van der Waals surface area contributed by atoms with Crippen LogP contribution in [0, 0.1) is 0 Å². The molecule has 1 unspecified atom stereocenters. The van der Waals surface area contributed by atoms with E-state index in [0.717, 1.165) is 25.2 Å². The fourth-order valence-corrected chi connectivity index (χ4v) is 3.32. The van der Waals surface area contributed by atoms with Gasteiger partial charge >= 0.3 is 6.03 Å². The molecule has 0 saturated carbocycles. The molecule has 4 rings (SSSR count). The molecule has 27 heavy (non-hydrogen) atoms. The molecule has 146 valence electrons. The Morgan fingerprint density at radius 2 is 2.15 bits per heavy atom. The number of piperazine rings is 1. The van der Waals surface area contributed by atoms with Gasteiger partial charge in [-0.05, 0) is 25.2 Å². The summed E-state index contributed by atoms with van der Waals surface area (Å²) in [6, 6.07) is 5.47. The summed E-state index contributed by atoms with van der Waals surface area (Å²) in [5, 5.41) is 10.3. The summed E-state index contributed by atoms with van der Waals surface area (Å²) >= 11 is 0. The van der Waals surface area contributed by atoms with Crippen LogP contribution in [0.15, 0.2) is 22.7 Å². The zero-order valence-corrected chi connectivity index (χ0v) is 16.1. The van der Waals surface area contributed by atoms with Crippen molar-refractivity contribution in [1.29, 1.82) is 0 Å². The van der Waals surface area contributed by atoms with Gasteiger partial charge in [-0.15, -0.1) is 12.4 Å². The lowest BCUT2D eigenvalue weighted by atomic mass is 10.1. The summed E-state index contributed by atoms with van der Waals surface area (Å²) in [7, 11) is 3.64. The molecule has 2 fully saturated rings. The van der Waals surface area contributed by atoms with Crippen LogP contribution in [0.3, 0.4) is 0 Å². The fraction of sp³-hybridized carbons (Fsp3) is 0.471. The van der Waals surface area contributed by atoms with Crippen LogP contribution in [0.1, 0.15) is 11.9 Å². The Hall–Kier alpha value is -2.36. The molecule has 2 saturated heterocycles. The number of amides is 2. The van der Waals surface area contributed by atoms with E-state index >= 15 is 0 Å². The van der Waals surface area contributed by atoms with E-state index in [4.69, 9.17) is 9.26 Å². The number of urea groups is 1. The first kappa shape index (κ1) is 19.4. The maximum Gasteiger partial charge on any atom is 0.322 e. The molecule has 2 aliphatic heterocycles. The molecular weight excluding hydrogens is 372 g/mol. The zero-order valence-electron chi connectivity index (χ0n) is 15.3. The van der Waals surface area contributed by atoms with Gasteiger partial charge in [-0.1, -0.05) is 5.16 Å². The van der Waals surface area contributed by atoms with Crippen LogP contribution in [0.5, 0.6) is 5.75 Å². The molecule has 1 aromatic heterocycles. The Morgan fingerprint density at radius 1 is 1.30 bits per heavy atom. The fourth-order valence-electron chi connectivity index (χ4n) is 3.32. The van der Waals surface area contributed by atoms with Crippen molar-refractivity contribution < 1.29 is 14.1 Å². The van der Waals surface area contributed by atoms with E-state index < -0.39 is 0 Å². The Kier molecular flexibility index (Phi) is 5.83. The van der Waals surface area contributed by atoms with Crippen LogP contribution >= 0.6 is 12.4 Å². The summed E-state index contributed by atoms with van der Waals surface area (Å²) in [6.07, 6.45) is 0. The Balaban J connectivity index is 0.00000210.